The van der Waals surface area contributed by atoms with Gasteiger partial charge in [-0.15, -0.1) is 0 Å². The van der Waals surface area contributed by atoms with E-state index in [0.717, 1.165) is 19.4 Å². The van der Waals surface area contributed by atoms with Crippen LogP contribution in [0.1, 0.15) is 26.2 Å². The molecule has 3 unspecified atom stereocenters. The van der Waals surface area contributed by atoms with E-state index in [2.05, 4.69) is 12.2 Å². The molecule has 0 aromatic rings. The Labute approximate surface area is 101 Å². The molecule has 2 fully saturated rings. The Morgan fingerprint density at radius 1 is 1.35 bits per heavy atom. The molecule has 0 aliphatic carbocycles. The first-order valence-corrected chi connectivity index (χ1v) is 6.33. The van der Waals surface area contributed by atoms with Gasteiger partial charge in [-0.1, -0.05) is 6.92 Å². The summed E-state index contributed by atoms with van der Waals surface area (Å²) in [4.78, 5) is 25.0. The first-order chi connectivity index (χ1) is 8.09. The molecule has 0 bridgehead atoms. The lowest BCUT2D eigenvalue weighted by molar-refractivity contribution is -0.154. The van der Waals surface area contributed by atoms with Gasteiger partial charge in [-0.2, -0.15) is 0 Å². The molecule has 0 saturated carbocycles. The summed E-state index contributed by atoms with van der Waals surface area (Å²) in [6.07, 6.45) is 2.33. The molecule has 3 atom stereocenters. The molecular formula is C12H20N2O3. The van der Waals surface area contributed by atoms with E-state index < -0.39 is 12.0 Å². The number of aliphatic carboxylic acids is 1. The van der Waals surface area contributed by atoms with Crippen LogP contribution < -0.4 is 5.32 Å². The second kappa shape index (κ2) is 5.04. The molecule has 2 saturated heterocycles. The summed E-state index contributed by atoms with van der Waals surface area (Å²) in [6, 6.07) is -0.619. The number of carbonyl (C=O) groups is 2. The van der Waals surface area contributed by atoms with Gasteiger partial charge in [0.05, 0.1) is 5.92 Å². The number of rotatable bonds is 2. The van der Waals surface area contributed by atoms with Gasteiger partial charge in [0.2, 0.25) is 5.91 Å². The van der Waals surface area contributed by atoms with Crippen molar-refractivity contribution in [1.82, 2.24) is 10.2 Å². The quantitative estimate of drug-likeness (QED) is 0.728. The number of hydrogen-bond donors (Lipinski definition) is 2. The maximum Gasteiger partial charge on any atom is 0.326 e. The first kappa shape index (κ1) is 12.4. The van der Waals surface area contributed by atoms with Gasteiger partial charge in [-0.05, 0) is 31.7 Å². The summed E-state index contributed by atoms with van der Waals surface area (Å²) in [7, 11) is 0. The predicted octanol–water partition coefficient (Wildman–Crippen LogP) is 0.308. The van der Waals surface area contributed by atoms with Gasteiger partial charge in [-0.3, -0.25) is 4.79 Å². The fraction of sp³-hybridized carbons (Fsp3) is 0.833. The molecule has 0 spiro atoms. The summed E-state index contributed by atoms with van der Waals surface area (Å²) in [6.45, 7) is 4.19. The Kier molecular flexibility index (Phi) is 3.66. The highest BCUT2D eigenvalue weighted by molar-refractivity contribution is 5.85. The maximum atomic E-state index is 12.2. The summed E-state index contributed by atoms with van der Waals surface area (Å²) in [5, 5.41) is 12.4. The number of hydrogen-bond acceptors (Lipinski definition) is 3. The number of amides is 1. The van der Waals surface area contributed by atoms with Crippen molar-refractivity contribution in [1.29, 1.82) is 0 Å². The molecule has 0 radical (unpaired) electrons. The van der Waals surface area contributed by atoms with Crippen LogP contribution in [0.15, 0.2) is 0 Å². The zero-order chi connectivity index (χ0) is 12.4. The molecule has 0 aromatic heterocycles. The van der Waals surface area contributed by atoms with Crippen molar-refractivity contribution in [2.24, 2.45) is 11.8 Å². The Balaban J connectivity index is 2.06. The molecule has 2 aliphatic heterocycles. The predicted molar refractivity (Wildman–Crippen MR) is 62.5 cm³/mol. The Hall–Kier alpha value is -1.10. The number of piperidine rings is 1. The summed E-state index contributed by atoms with van der Waals surface area (Å²) in [5.74, 6) is -0.475. The second-order valence-corrected chi connectivity index (χ2v) is 5.20. The third kappa shape index (κ3) is 2.60. The van der Waals surface area contributed by atoms with Crippen LogP contribution in [0.4, 0.5) is 0 Å². The van der Waals surface area contributed by atoms with Gasteiger partial charge in [-0.25, -0.2) is 4.79 Å². The van der Waals surface area contributed by atoms with Crippen LogP contribution in [-0.4, -0.2) is 47.6 Å². The maximum absolute atomic E-state index is 12.2. The molecule has 5 heteroatoms. The van der Waals surface area contributed by atoms with Crippen LogP contribution in [-0.2, 0) is 9.59 Å². The normalized spacial score (nSPS) is 33.7. The van der Waals surface area contributed by atoms with Crippen molar-refractivity contribution < 1.29 is 14.7 Å². The van der Waals surface area contributed by atoms with Gasteiger partial charge < -0.3 is 15.3 Å². The van der Waals surface area contributed by atoms with E-state index in [1.54, 1.807) is 4.90 Å². The van der Waals surface area contributed by atoms with E-state index >= 15 is 0 Å². The van der Waals surface area contributed by atoms with Crippen LogP contribution in [0.2, 0.25) is 0 Å². The smallest absolute Gasteiger partial charge is 0.326 e. The second-order valence-electron chi connectivity index (χ2n) is 5.20. The number of nitrogens with zero attached hydrogens (tertiary/aromatic N) is 1. The number of carboxylic acids is 1. The van der Waals surface area contributed by atoms with Crippen molar-refractivity contribution in [3.05, 3.63) is 0 Å². The first-order valence-electron chi connectivity index (χ1n) is 6.33. The van der Waals surface area contributed by atoms with E-state index in [-0.39, 0.29) is 11.8 Å². The monoisotopic (exact) mass is 240 g/mol. The van der Waals surface area contributed by atoms with Gasteiger partial charge in [0.15, 0.2) is 0 Å². The molecule has 2 N–H and O–H groups in total. The van der Waals surface area contributed by atoms with E-state index in [1.165, 1.54) is 0 Å². The number of nitrogens with one attached hydrogen (secondary N) is 1. The van der Waals surface area contributed by atoms with Gasteiger partial charge in [0.1, 0.15) is 6.04 Å². The Morgan fingerprint density at radius 3 is 2.71 bits per heavy atom. The van der Waals surface area contributed by atoms with Gasteiger partial charge >= 0.3 is 5.97 Å². The topological polar surface area (TPSA) is 69.6 Å². The zero-order valence-corrected chi connectivity index (χ0v) is 10.2. The summed E-state index contributed by atoms with van der Waals surface area (Å²) >= 11 is 0. The standard InChI is InChI=1S/C12H20N2O3/c1-8-3-5-14(10(6-8)12(16)17)11(15)9-2-4-13-7-9/h8-10,13H,2-7H2,1H3,(H,16,17). The fourth-order valence-electron chi connectivity index (χ4n) is 2.74. The van der Waals surface area contributed by atoms with E-state index in [0.29, 0.717) is 25.4 Å². The van der Waals surface area contributed by atoms with Crippen molar-refractivity contribution in [3.8, 4) is 0 Å². The highest BCUT2D eigenvalue weighted by Gasteiger charge is 2.37. The molecule has 2 heterocycles. The minimum Gasteiger partial charge on any atom is -0.480 e. The minimum absolute atomic E-state index is 0.0225. The molecule has 0 aromatic carbocycles. The van der Waals surface area contributed by atoms with Crippen molar-refractivity contribution >= 4 is 11.9 Å². The van der Waals surface area contributed by atoms with Crippen molar-refractivity contribution in [3.63, 3.8) is 0 Å². The van der Waals surface area contributed by atoms with E-state index in [9.17, 15) is 14.7 Å². The number of carbonyl (C=O) groups excluding carboxylic acids is 1. The number of likely N-dealkylation sites (tertiary alicyclic amines) is 1. The van der Waals surface area contributed by atoms with Crippen LogP contribution in [0.3, 0.4) is 0 Å². The minimum atomic E-state index is -0.865. The zero-order valence-electron chi connectivity index (χ0n) is 10.2. The van der Waals surface area contributed by atoms with Gasteiger partial charge in [0.25, 0.3) is 0 Å². The van der Waals surface area contributed by atoms with Crippen molar-refractivity contribution in [2.45, 2.75) is 32.2 Å². The lowest BCUT2D eigenvalue weighted by atomic mass is 9.91. The van der Waals surface area contributed by atoms with Crippen LogP contribution in [0, 0.1) is 11.8 Å². The highest BCUT2D eigenvalue weighted by Crippen LogP contribution is 2.25. The molecule has 2 rings (SSSR count). The third-order valence-corrected chi connectivity index (χ3v) is 3.84. The average Bonchev–Trinajstić information content (AvgIpc) is 2.81. The van der Waals surface area contributed by atoms with Crippen LogP contribution in [0.5, 0.6) is 0 Å². The Morgan fingerprint density at radius 2 is 2.12 bits per heavy atom. The molecule has 96 valence electrons. The average molecular weight is 240 g/mol. The van der Waals surface area contributed by atoms with Gasteiger partial charge in [0, 0.05) is 13.1 Å². The SMILES string of the molecule is CC1CCN(C(=O)C2CCNC2)C(C(=O)O)C1. The molecule has 2 aliphatic rings. The highest BCUT2D eigenvalue weighted by atomic mass is 16.4. The van der Waals surface area contributed by atoms with E-state index in [1.807, 2.05) is 0 Å². The molecule has 17 heavy (non-hydrogen) atoms. The van der Waals surface area contributed by atoms with E-state index in [4.69, 9.17) is 0 Å². The van der Waals surface area contributed by atoms with Crippen LogP contribution in [0.25, 0.3) is 0 Å². The number of carboxylic acid groups (broad SMARTS) is 1. The Bertz CT molecular complexity index is 313. The third-order valence-electron chi connectivity index (χ3n) is 3.84. The molecular weight excluding hydrogens is 220 g/mol. The molecule has 1 amide bonds. The van der Waals surface area contributed by atoms with Crippen molar-refractivity contribution in [2.75, 3.05) is 19.6 Å². The van der Waals surface area contributed by atoms with Crippen LogP contribution >= 0.6 is 0 Å². The summed E-state index contributed by atoms with van der Waals surface area (Å²) in [5.41, 5.74) is 0. The lowest BCUT2D eigenvalue weighted by Crippen LogP contribution is -2.51. The largest absolute Gasteiger partial charge is 0.480 e. The lowest BCUT2D eigenvalue weighted by Gasteiger charge is -2.37. The fourth-order valence-corrected chi connectivity index (χ4v) is 2.74. The summed E-state index contributed by atoms with van der Waals surface area (Å²) < 4.78 is 0. The molecule has 5 nitrogen and oxygen atoms in total.